The summed E-state index contributed by atoms with van der Waals surface area (Å²) in [5.41, 5.74) is 1.15. The monoisotopic (exact) mass is 337 g/mol. The number of aromatic nitrogens is 3. The van der Waals surface area contributed by atoms with Gasteiger partial charge in [0.1, 0.15) is 11.5 Å². The van der Waals surface area contributed by atoms with Crippen molar-refractivity contribution in [1.29, 1.82) is 0 Å². The molecule has 2 rings (SSSR count). The van der Waals surface area contributed by atoms with E-state index in [1.807, 2.05) is 19.2 Å². The van der Waals surface area contributed by atoms with Crippen molar-refractivity contribution < 1.29 is 4.74 Å². The molecule has 0 unspecified atom stereocenters. The summed E-state index contributed by atoms with van der Waals surface area (Å²) in [6.45, 7) is 2.32. The summed E-state index contributed by atoms with van der Waals surface area (Å²) < 4.78 is 6.24. The normalized spacial score (nSPS) is 11.0. The summed E-state index contributed by atoms with van der Waals surface area (Å²) in [5, 5.41) is 7.05. The van der Waals surface area contributed by atoms with Crippen molar-refractivity contribution in [3.05, 3.63) is 45.5 Å². The van der Waals surface area contributed by atoms with Gasteiger partial charge in [0.15, 0.2) is 5.15 Å². The third kappa shape index (κ3) is 5.02. The zero-order valence-corrected chi connectivity index (χ0v) is 14.2. The fraction of sp³-hybridized carbons (Fsp3) is 0.400. The van der Waals surface area contributed by atoms with Crippen molar-refractivity contribution in [2.24, 2.45) is 7.05 Å². The minimum absolute atomic E-state index is 0.242. The fourth-order valence-electron chi connectivity index (χ4n) is 2.03. The van der Waals surface area contributed by atoms with Crippen LogP contribution in [0, 0.1) is 0 Å². The number of nitrogens with one attached hydrogen (secondary N) is 1. The minimum atomic E-state index is -0.264. The molecule has 2 aromatic rings. The molecule has 0 bridgehead atoms. The van der Waals surface area contributed by atoms with Gasteiger partial charge in [-0.15, -0.1) is 0 Å². The molecule has 0 atom stereocenters. The van der Waals surface area contributed by atoms with Gasteiger partial charge in [-0.1, -0.05) is 17.7 Å². The van der Waals surface area contributed by atoms with Crippen LogP contribution in [0.1, 0.15) is 5.56 Å². The molecule has 124 valence electrons. The molecule has 23 heavy (non-hydrogen) atoms. The lowest BCUT2D eigenvalue weighted by atomic mass is 10.2. The summed E-state index contributed by atoms with van der Waals surface area (Å²) in [7, 11) is 5.26. The van der Waals surface area contributed by atoms with Gasteiger partial charge in [0.25, 0.3) is 5.56 Å². The molecule has 0 aromatic carbocycles. The topological polar surface area (TPSA) is 72.3 Å². The second kappa shape index (κ2) is 8.05. The molecule has 0 saturated heterocycles. The SMILES string of the molecule is COCCN(C)Cc1ccc(Nc2cc(Cl)nn(C)c2=O)nc1. The zero-order valence-electron chi connectivity index (χ0n) is 13.4. The Morgan fingerprint density at radius 2 is 2.22 bits per heavy atom. The van der Waals surface area contributed by atoms with Gasteiger partial charge >= 0.3 is 0 Å². The average Bonchev–Trinajstić information content (AvgIpc) is 2.52. The molecule has 0 aliphatic heterocycles. The van der Waals surface area contributed by atoms with Crippen molar-refractivity contribution in [3.8, 4) is 0 Å². The third-order valence-corrected chi connectivity index (χ3v) is 3.44. The molecule has 2 heterocycles. The Bertz CT molecular complexity index is 702. The Balaban J connectivity index is 2.04. The molecule has 0 saturated carbocycles. The molecular weight excluding hydrogens is 318 g/mol. The molecule has 0 aliphatic rings. The third-order valence-electron chi connectivity index (χ3n) is 3.25. The highest BCUT2D eigenvalue weighted by Crippen LogP contribution is 2.14. The standard InChI is InChI=1S/C15H20ClN5O2/c1-20(6-7-23-3)10-11-4-5-14(17-9-11)18-12-8-13(16)19-21(2)15(12)22/h4-5,8-9H,6-7,10H2,1-3H3,(H,17,18). The van der Waals surface area contributed by atoms with Crippen molar-refractivity contribution in [2.45, 2.75) is 6.54 Å². The Kier molecular flexibility index (Phi) is 6.09. The highest BCUT2D eigenvalue weighted by Gasteiger charge is 2.06. The van der Waals surface area contributed by atoms with Crippen LogP contribution >= 0.6 is 11.6 Å². The number of hydrogen-bond acceptors (Lipinski definition) is 6. The Labute approximate surface area is 139 Å². The Hall–Kier alpha value is -1.96. The smallest absolute Gasteiger partial charge is 0.290 e. The van der Waals surface area contributed by atoms with Crippen molar-refractivity contribution in [2.75, 3.05) is 32.6 Å². The van der Waals surface area contributed by atoms with E-state index in [4.69, 9.17) is 16.3 Å². The molecule has 0 spiro atoms. The van der Waals surface area contributed by atoms with Gasteiger partial charge in [0.2, 0.25) is 0 Å². The quantitative estimate of drug-likeness (QED) is 0.828. The zero-order chi connectivity index (χ0) is 16.8. The van der Waals surface area contributed by atoms with E-state index >= 15 is 0 Å². The first-order valence-corrected chi connectivity index (χ1v) is 7.50. The summed E-state index contributed by atoms with van der Waals surface area (Å²) in [5.74, 6) is 0.577. The number of aryl methyl sites for hydroxylation is 1. The van der Waals surface area contributed by atoms with Crippen LogP contribution in [0.5, 0.6) is 0 Å². The fourth-order valence-corrected chi connectivity index (χ4v) is 2.25. The van der Waals surface area contributed by atoms with E-state index in [0.29, 0.717) is 18.1 Å². The maximum Gasteiger partial charge on any atom is 0.290 e. The number of likely N-dealkylation sites (N-methyl/N-ethyl adjacent to an activating group) is 1. The number of nitrogens with zero attached hydrogens (tertiary/aromatic N) is 4. The second-order valence-electron chi connectivity index (χ2n) is 5.22. The van der Waals surface area contributed by atoms with Gasteiger partial charge < -0.3 is 10.1 Å². The first kappa shape index (κ1) is 17.4. The van der Waals surface area contributed by atoms with Crippen LogP contribution in [-0.2, 0) is 18.3 Å². The molecule has 0 radical (unpaired) electrons. The summed E-state index contributed by atoms with van der Waals surface area (Å²) in [4.78, 5) is 18.4. The largest absolute Gasteiger partial charge is 0.383 e. The van der Waals surface area contributed by atoms with Crippen LogP contribution in [0.15, 0.2) is 29.2 Å². The van der Waals surface area contributed by atoms with Crippen LogP contribution in [0.3, 0.4) is 0 Å². The summed E-state index contributed by atoms with van der Waals surface area (Å²) in [6.07, 6.45) is 1.78. The predicted molar refractivity (Wildman–Crippen MR) is 90.2 cm³/mol. The summed E-state index contributed by atoms with van der Waals surface area (Å²) in [6, 6.07) is 5.27. The number of anilines is 2. The minimum Gasteiger partial charge on any atom is -0.383 e. The molecule has 0 amide bonds. The van der Waals surface area contributed by atoms with Gasteiger partial charge in [-0.05, 0) is 18.7 Å². The lowest BCUT2D eigenvalue weighted by Crippen LogP contribution is -2.23. The van der Waals surface area contributed by atoms with Gasteiger partial charge in [0.05, 0.1) is 6.61 Å². The number of pyridine rings is 1. The number of hydrogen-bond donors (Lipinski definition) is 1. The van der Waals surface area contributed by atoms with Crippen molar-refractivity contribution >= 4 is 23.1 Å². The van der Waals surface area contributed by atoms with Gasteiger partial charge in [0, 0.05) is 39.5 Å². The molecule has 0 fully saturated rings. The molecule has 8 heteroatoms. The van der Waals surface area contributed by atoms with E-state index in [-0.39, 0.29) is 10.7 Å². The molecule has 7 nitrogen and oxygen atoms in total. The van der Waals surface area contributed by atoms with Crippen LogP contribution in [-0.4, -0.2) is 47.0 Å². The maximum absolute atomic E-state index is 12.0. The number of halogens is 1. The number of ether oxygens (including phenoxy) is 1. The lowest BCUT2D eigenvalue weighted by Gasteiger charge is -2.16. The van der Waals surface area contributed by atoms with E-state index in [1.54, 1.807) is 20.4 Å². The van der Waals surface area contributed by atoms with E-state index in [9.17, 15) is 4.79 Å². The number of methoxy groups -OCH3 is 1. The summed E-state index contributed by atoms with van der Waals surface area (Å²) >= 11 is 5.87. The Morgan fingerprint density at radius 3 is 2.87 bits per heavy atom. The van der Waals surface area contributed by atoms with Crippen molar-refractivity contribution in [1.82, 2.24) is 19.7 Å². The lowest BCUT2D eigenvalue weighted by molar-refractivity contribution is 0.158. The second-order valence-corrected chi connectivity index (χ2v) is 5.60. The maximum atomic E-state index is 12.0. The molecule has 2 aromatic heterocycles. The van der Waals surface area contributed by atoms with Gasteiger partial charge in [-0.3, -0.25) is 9.69 Å². The first-order valence-electron chi connectivity index (χ1n) is 7.13. The molecule has 1 N–H and O–H groups in total. The van der Waals surface area contributed by atoms with E-state index in [2.05, 4.69) is 20.3 Å². The molecule has 0 aliphatic carbocycles. The average molecular weight is 338 g/mol. The van der Waals surface area contributed by atoms with Crippen LogP contribution in [0.4, 0.5) is 11.5 Å². The molecular formula is C15H20ClN5O2. The van der Waals surface area contributed by atoms with Gasteiger partial charge in [-0.25, -0.2) is 9.67 Å². The van der Waals surface area contributed by atoms with E-state index < -0.39 is 0 Å². The highest BCUT2D eigenvalue weighted by molar-refractivity contribution is 6.29. The number of rotatable bonds is 7. The van der Waals surface area contributed by atoms with Gasteiger partial charge in [-0.2, -0.15) is 5.10 Å². The van der Waals surface area contributed by atoms with E-state index in [0.717, 1.165) is 18.7 Å². The van der Waals surface area contributed by atoms with E-state index in [1.165, 1.54) is 10.7 Å². The first-order chi connectivity index (χ1) is 11.0. The van der Waals surface area contributed by atoms with Crippen LogP contribution in [0.2, 0.25) is 5.15 Å². The van der Waals surface area contributed by atoms with Crippen molar-refractivity contribution in [3.63, 3.8) is 0 Å². The predicted octanol–water partition coefficient (Wildman–Crippen LogP) is 1.65. The Morgan fingerprint density at radius 1 is 1.43 bits per heavy atom. The van der Waals surface area contributed by atoms with Crippen LogP contribution < -0.4 is 10.9 Å². The highest BCUT2D eigenvalue weighted by atomic mass is 35.5. The van der Waals surface area contributed by atoms with Crippen LogP contribution in [0.25, 0.3) is 0 Å².